The van der Waals surface area contributed by atoms with Gasteiger partial charge in [-0.3, -0.25) is 4.79 Å². The first-order valence-electron chi connectivity index (χ1n) is 6.84. The molecular formula is C15H24N2O2. The number of carbonyl (C=O) groups is 1. The monoisotopic (exact) mass is 264 g/mol. The van der Waals surface area contributed by atoms with Gasteiger partial charge in [-0.1, -0.05) is 12.1 Å². The summed E-state index contributed by atoms with van der Waals surface area (Å²) in [5.74, 6) is 0.103. The fourth-order valence-corrected chi connectivity index (χ4v) is 1.86. The number of rotatable bonds is 10. The smallest absolute Gasteiger partial charge is 0.164 e. The first-order chi connectivity index (χ1) is 9.27. The Bertz CT molecular complexity index is 380. The Morgan fingerprint density at radius 3 is 2.89 bits per heavy atom. The largest absolute Gasteiger partial charge is 0.385 e. The van der Waals surface area contributed by atoms with Gasteiger partial charge in [0.05, 0.1) is 0 Å². The van der Waals surface area contributed by atoms with E-state index in [4.69, 9.17) is 10.5 Å². The molecule has 0 aliphatic carbocycles. The maximum Gasteiger partial charge on any atom is 0.164 e. The van der Waals surface area contributed by atoms with Crippen LogP contribution < -0.4 is 11.1 Å². The van der Waals surface area contributed by atoms with Crippen LogP contribution in [0.2, 0.25) is 0 Å². The molecule has 106 valence electrons. The molecule has 1 aromatic carbocycles. The number of Topliss-reactive ketones (excluding diaryl/α,β-unsaturated/α-hetero) is 1. The molecule has 0 radical (unpaired) electrons. The van der Waals surface area contributed by atoms with Crippen LogP contribution >= 0.6 is 0 Å². The summed E-state index contributed by atoms with van der Waals surface area (Å²) in [4.78, 5) is 11.7. The van der Waals surface area contributed by atoms with E-state index in [1.807, 2.05) is 24.3 Å². The number of ketones is 1. The SMILES string of the molecule is COCCCCCNc1cccc(C(=O)CCN)c1. The number of nitrogens with two attached hydrogens (primary N) is 1. The zero-order chi connectivity index (χ0) is 13.9. The molecule has 4 nitrogen and oxygen atoms in total. The van der Waals surface area contributed by atoms with Crippen molar-refractivity contribution in [3.8, 4) is 0 Å². The Kier molecular flexibility index (Phi) is 7.86. The summed E-state index contributed by atoms with van der Waals surface area (Å²) < 4.78 is 5.00. The van der Waals surface area contributed by atoms with Crippen LogP contribution in [0.25, 0.3) is 0 Å². The molecule has 0 bridgehead atoms. The lowest BCUT2D eigenvalue weighted by Crippen LogP contribution is -2.09. The number of benzene rings is 1. The Hall–Kier alpha value is -1.39. The summed E-state index contributed by atoms with van der Waals surface area (Å²) in [6, 6.07) is 7.61. The van der Waals surface area contributed by atoms with E-state index in [0.717, 1.165) is 43.7 Å². The third-order valence-corrected chi connectivity index (χ3v) is 2.91. The minimum atomic E-state index is 0.103. The molecule has 0 aliphatic rings. The third-order valence-electron chi connectivity index (χ3n) is 2.91. The molecule has 0 heterocycles. The van der Waals surface area contributed by atoms with Gasteiger partial charge in [0.15, 0.2) is 5.78 Å². The minimum Gasteiger partial charge on any atom is -0.385 e. The van der Waals surface area contributed by atoms with Gasteiger partial charge in [-0.05, 0) is 37.9 Å². The predicted octanol–water partition coefficient (Wildman–Crippen LogP) is 2.45. The maximum absolute atomic E-state index is 11.7. The number of unbranched alkanes of at least 4 members (excludes halogenated alkanes) is 2. The zero-order valence-electron chi connectivity index (χ0n) is 11.7. The molecule has 0 amide bonds. The second kappa shape index (κ2) is 9.53. The van der Waals surface area contributed by atoms with Gasteiger partial charge >= 0.3 is 0 Å². The molecule has 0 spiro atoms. The summed E-state index contributed by atoms with van der Waals surface area (Å²) in [6.45, 7) is 2.14. The Labute approximate surface area is 115 Å². The van der Waals surface area contributed by atoms with E-state index in [1.165, 1.54) is 0 Å². The van der Waals surface area contributed by atoms with E-state index in [1.54, 1.807) is 7.11 Å². The molecule has 0 saturated carbocycles. The van der Waals surface area contributed by atoms with Gasteiger partial charge < -0.3 is 15.8 Å². The van der Waals surface area contributed by atoms with E-state index in [-0.39, 0.29) is 5.78 Å². The highest BCUT2D eigenvalue weighted by molar-refractivity contribution is 5.96. The van der Waals surface area contributed by atoms with Crippen LogP contribution in [0.15, 0.2) is 24.3 Å². The molecule has 0 unspecified atom stereocenters. The quantitative estimate of drug-likeness (QED) is 0.503. The number of nitrogens with one attached hydrogen (secondary N) is 1. The Morgan fingerprint density at radius 2 is 2.16 bits per heavy atom. The minimum absolute atomic E-state index is 0.103. The van der Waals surface area contributed by atoms with E-state index in [9.17, 15) is 4.79 Å². The zero-order valence-corrected chi connectivity index (χ0v) is 11.7. The fraction of sp³-hybridized carbons (Fsp3) is 0.533. The van der Waals surface area contributed by atoms with Crippen LogP contribution in [0.4, 0.5) is 5.69 Å². The predicted molar refractivity (Wildman–Crippen MR) is 78.7 cm³/mol. The molecule has 4 heteroatoms. The second-order valence-corrected chi connectivity index (χ2v) is 4.52. The van der Waals surface area contributed by atoms with E-state index in [2.05, 4.69) is 5.32 Å². The van der Waals surface area contributed by atoms with Gasteiger partial charge in [-0.2, -0.15) is 0 Å². The van der Waals surface area contributed by atoms with Crippen molar-refractivity contribution in [1.82, 2.24) is 0 Å². The van der Waals surface area contributed by atoms with Crippen molar-refractivity contribution in [3.05, 3.63) is 29.8 Å². The highest BCUT2D eigenvalue weighted by Gasteiger charge is 2.04. The van der Waals surface area contributed by atoms with Gasteiger partial charge in [0.25, 0.3) is 0 Å². The topological polar surface area (TPSA) is 64.3 Å². The molecule has 3 N–H and O–H groups in total. The average molecular weight is 264 g/mol. The van der Waals surface area contributed by atoms with Crippen molar-refractivity contribution >= 4 is 11.5 Å². The lowest BCUT2D eigenvalue weighted by molar-refractivity contribution is 0.0985. The Balaban J connectivity index is 2.34. The van der Waals surface area contributed by atoms with E-state index < -0.39 is 0 Å². The number of ether oxygens (including phenoxy) is 1. The molecule has 19 heavy (non-hydrogen) atoms. The summed E-state index contributed by atoms with van der Waals surface area (Å²) in [5, 5.41) is 3.33. The van der Waals surface area contributed by atoms with Crippen LogP contribution in [0.3, 0.4) is 0 Å². The molecular weight excluding hydrogens is 240 g/mol. The van der Waals surface area contributed by atoms with Gasteiger partial charge in [-0.25, -0.2) is 0 Å². The van der Waals surface area contributed by atoms with Crippen LogP contribution in [0, 0.1) is 0 Å². The van der Waals surface area contributed by atoms with Crippen molar-refractivity contribution in [2.75, 3.05) is 32.1 Å². The highest BCUT2D eigenvalue weighted by atomic mass is 16.5. The standard InChI is InChI=1S/C15H24N2O2/c1-19-11-4-2-3-10-17-14-7-5-6-13(12-14)15(18)8-9-16/h5-7,12,17H,2-4,8-11,16H2,1H3. The Morgan fingerprint density at radius 1 is 1.32 bits per heavy atom. The molecule has 0 atom stereocenters. The van der Waals surface area contributed by atoms with E-state index >= 15 is 0 Å². The summed E-state index contributed by atoms with van der Waals surface area (Å²) >= 11 is 0. The second-order valence-electron chi connectivity index (χ2n) is 4.52. The van der Waals surface area contributed by atoms with Crippen LogP contribution in [0.1, 0.15) is 36.0 Å². The molecule has 1 aromatic rings. The summed E-state index contributed by atoms with van der Waals surface area (Å²) in [5.41, 5.74) is 7.12. The van der Waals surface area contributed by atoms with Crippen molar-refractivity contribution in [1.29, 1.82) is 0 Å². The van der Waals surface area contributed by atoms with Crippen molar-refractivity contribution in [3.63, 3.8) is 0 Å². The van der Waals surface area contributed by atoms with Crippen molar-refractivity contribution in [2.24, 2.45) is 5.73 Å². The molecule has 0 aliphatic heterocycles. The number of hydrogen-bond acceptors (Lipinski definition) is 4. The van der Waals surface area contributed by atoms with Crippen LogP contribution in [-0.2, 0) is 4.74 Å². The van der Waals surface area contributed by atoms with Gasteiger partial charge in [0, 0.05) is 37.9 Å². The molecule has 0 fully saturated rings. The van der Waals surface area contributed by atoms with Crippen LogP contribution in [0.5, 0.6) is 0 Å². The number of anilines is 1. The van der Waals surface area contributed by atoms with Gasteiger partial charge in [-0.15, -0.1) is 0 Å². The first-order valence-corrected chi connectivity index (χ1v) is 6.84. The van der Waals surface area contributed by atoms with Crippen molar-refractivity contribution in [2.45, 2.75) is 25.7 Å². The van der Waals surface area contributed by atoms with Crippen molar-refractivity contribution < 1.29 is 9.53 Å². The highest BCUT2D eigenvalue weighted by Crippen LogP contribution is 2.12. The summed E-state index contributed by atoms with van der Waals surface area (Å²) in [7, 11) is 1.72. The average Bonchev–Trinajstić information content (AvgIpc) is 2.43. The number of carbonyl (C=O) groups excluding carboxylic acids is 1. The van der Waals surface area contributed by atoms with Gasteiger partial charge in [0.2, 0.25) is 0 Å². The third kappa shape index (κ3) is 6.36. The lowest BCUT2D eigenvalue weighted by atomic mass is 10.1. The summed E-state index contributed by atoms with van der Waals surface area (Å²) in [6.07, 6.45) is 3.74. The molecule has 0 saturated heterocycles. The number of hydrogen-bond donors (Lipinski definition) is 2. The van der Waals surface area contributed by atoms with E-state index in [0.29, 0.717) is 13.0 Å². The fourth-order valence-electron chi connectivity index (χ4n) is 1.86. The first kappa shape index (κ1) is 15.7. The van der Waals surface area contributed by atoms with Crippen LogP contribution in [-0.4, -0.2) is 32.6 Å². The lowest BCUT2D eigenvalue weighted by Gasteiger charge is -2.08. The number of methoxy groups -OCH3 is 1. The van der Waals surface area contributed by atoms with Gasteiger partial charge in [0.1, 0.15) is 0 Å². The molecule has 1 rings (SSSR count). The normalized spacial score (nSPS) is 10.4. The molecule has 0 aromatic heterocycles. The maximum atomic E-state index is 11.7.